The maximum atomic E-state index is 15.5. The van der Waals surface area contributed by atoms with Crippen LogP contribution < -0.4 is 25.0 Å². The average molecular weight is 652 g/mol. The number of phenolic OH excluding ortho intramolecular Hbond substituents is 1. The van der Waals surface area contributed by atoms with Gasteiger partial charge in [0.2, 0.25) is 0 Å². The number of methoxy groups -OCH3 is 1. The van der Waals surface area contributed by atoms with Crippen molar-refractivity contribution in [2.45, 2.75) is 26.2 Å². The van der Waals surface area contributed by atoms with Crippen molar-refractivity contribution in [3.8, 4) is 28.7 Å². The number of primary amides is 1. The Bertz CT molecular complexity index is 1960. The number of aromatic nitrogens is 1. The molecule has 0 unspecified atom stereocenters. The number of anilines is 1. The van der Waals surface area contributed by atoms with E-state index in [1.54, 1.807) is 37.6 Å². The standard InChI is InChI=1S/C37H38FN5O5/c1-24-13-17-42(18-14-24)16-5-19-47-36-22-31-28(21-35(36)46-2)33(12-15-40-31)48-34-11-9-26(20-30(34)38)43(37(39)45)41-23-29-27-7-4-3-6-25(27)8-10-32(29)44/h3-4,6-12,15,20-24,44H,5,13-14,16-19H2,1-2H3,(H2,39,45)/b41-23+. The van der Waals surface area contributed by atoms with E-state index >= 15 is 4.39 Å². The molecule has 0 radical (unpaired) electrons. The third kappa shape index (κ3) is 7.26. The van der Waals surface area contributed by atoms with Crippen molar-refractivity contribution in [3.63, 3.8) is 0 Å². The molecule has 0 spiro atoms. The van der Waals surface area contributed by atoms with Crippen LogP contribution in [-0.4, -0.2) is 60.6 Å². The molecule has 4 aromatic carbocycles. The number of hydrazone groups is 1. The van der Waals surface area contributed by atoms with Crippen molar-refractivity contribution in [2.75, 3.05) is 38.4 Å². The summed E-state index contributed by atoms with van der Waals surface area (Å²) in [6, 6.07) is 18.9. The minimum Gasteiger partial charge on any atom is -0.507 e. The Labute approximate surface area is 278 Å². The SMILES string of the molecule is COc1cc2c(Oc3ccc(N(/N=C/c4c(O)ccc5ccccc45)C(N)=O)cc3F)ccnc2cc1OCCCN1CCC(C)CC1. The van der Waals surface area contributed by atoms with Crippen molar-refractivity contribution < 1.29 is 28.5 Å². The highest BCUT2D eigenvalue weighted by molar-refractivity contribution is 6.03. The Morgan fingerprint density at radius 3 is 2.62 bits per heavy atom. The van der Waals surface area contributed by atoms with Crippen LogP contribution in [0.25, 0.3) is 21.7 Å². The summed E-state index contributed by atoms with van der Waals surface area (Å²) in [7, 11) is 1.56. The molecule has 0 atom stereocenters. The minimum absolute atomic E-state index is 0.0285. The molecule has 3 N–H and O–H groups in total. The maximum absolute atomic E-state index is 15.5. The van der Waals surface area contributed by atoms with Gasteiger partial charge in [-0.1, -0.05) is 37.3 Å². The molecule has 48 heavy (non-hydrogen) atoms. The number of urea groups is 1. The van der Waals surface area contributed by atoms with Crippen LogP contribution in [0.15, 0.2) is 84.1 Å². The fourth-order valence-electron chi connectivity index (χ4n) is 5.85. The summed E-state index contributed by atoms with van der Waals surface area (Å²) in [6.45, 7) is 6.09. The van der Waals surface area contributed by atoms with Crippen molar-refractivity contribution in [2.24, 2.45) is 16.8 Å². The number of hydrogen-bond acceptors (Lipinski definition) is 8. The number of carbonyl (C=O) groups is 1. The largest absolute Gasteiger partial charge is 0.507 e. The molecule has 248 valence electrons. The van der Waals surface area contributed by atoms with Crippen LogP contribution in [0, 0.1) is 11.7 Å². The van der Waals surface area contributed by atoms with Gasteiger partial charge in [0.1, 0.15) is 11.5 Å². The number of pyridine rings is 1. The highest BCUT2D eigenvalue weighted by atomic mass is 19.1. The smallest absolute Gasteiger partial charge is 0.340 e. The summed E-state index contributed by atoms with van der Waals surface area (Å²) in [5.41, 5.74) is 6.65. The van der Waals surface area contributed by atoms with Gasteiger partial charge in [0.15, 0.2) is 23.1 Å². The lowest BCUT2D eigenvalue weighted by atomic mass is 9.99. The fraction of sp³-hybridized carbons (Fsp3) is 0.270. The summed E-state index contributed by atoms with van der Waals surface area (Å²) >= 11 is 0. The third-order valence-electron chi connectivity index (χ3n) is 8.58. The van der Waals surface area contributed by atoms with Gasteiger partial charge in [-0.25, -0.2) is 9.18 Å². The van der Waals surface area contributed by atoms with Gasteiger partial charge in [-0.3, -0.25) is 4.98 Å². The number of halogens is 1. The van der Waals surface area contributed by atoms with E-state index in [2.05, 4.69) is 21.9 Å². The zero-order chi connectivity index (χ0) is 33.6. The first-order valence-electron chi connectivity index (χ1n) is 15.9. The lowest BCUT2D eigenvalue weighted by molar-refractivity contribution is 0.176. The number of likely N-dealkylation sites (tertiary alicyclic amines) is 1. The number of nitrogens with zero attached hydrogens (tertiary/aromatic N) is 4. The first-order chi connectivity index (χ1) is 23.3. The number of ether oxygens (including phenoxy) is 3. The number of hydrogen-bond donors (Lipinski definition) is 2. The van der Waals surface area contributed by atoms with E-state index in [0.29, 0.717) is 40.3 Å². The summed E-state index contributed by atoms with van der Waals surface area (Å²) in [6.07, 6.45) is 6.26. The summed E-state index contributed by atoms with van der Waals surface area (Å²) in [5, 5.41) is 17.7. The highest BCUT2D eigenvalue weighted by Gasteiger charge is 2.18. The Hall–Kier alpha value is -5.42. The number of phenols is 1. The van der Waals surface area contributed by atoms with E-state index in [0.717, 1.165) is 53.8 Å². The van der Waals surface area contributed by atoms with Crippen LogP contribution in [0.3, 0.4) is 0 Å². The second-order valence-corrected chi connectivity index (χ2v) is 11.9. The molecule has 0 aliphatic carbocycles. The van der Waals surface area contributed by atoms with Gasteiger partial charge in [0.05, 0.1) is 31.1 Å². The van der Waals surface area contributed by atoms with Gasteiger partial charge in [0.25, 0.3) is 0 Å². The Kier molecular flexibility index (Phi) is 9.86. The lowest BCUT2D eigenvalue weighted by Crippen LogP contribution is -2.34. The molecule has 0 saturated carbocycles. The number of aromatic hydroxyl groups is 1. The Morgan fingerprint density at radius 2 is 1.85 bits per heavy atom. The predicted octanol–water partition coefficient (Wildman–Crippen LogP) is 7.45. The average Bonchev–Trinajstić information content (AvgIpc) is 3.09. The molecular weight excluding hydrogens is 613 g/mol. The van der Waals surface area contributed by atoms with E-state index in [4.69, 9.17) is 19.9 Å². The quantitative estimate of drug-likeness (QED) is 0.0864. The van der Waals surface area contributed by atoms with Gasteiger partial charge >= 0.3 is 6.03 Å². The molecule has 1 aliphatic rings. The predicted molar refractivity (Wildman–Crippen MR) is 185 cm³/mol. The first kappa shape index (κ1) is 32.5. The van der Waals surface area contributed by atoms with Crippen molar-refractivity contribution >= 4 is 39.6 Å². The first-order valence-corrected chi connectivity index (χ1v) is 15.9. The van der Waals surface area contributed by atoms with Crippen molar-refractivity contribution in [3.05, 3.63) is 90.4 Å². The van der Waals surface area contributed by atoms with Crippen LogP contribution >= 0.6 is 0 Å². The minimum atomic E-state index is -0.939. The summed E-state index contributed by atoms with van der Waals surface area (Å²) in [4.78, 5) is 19.3. The third-order valence-corrected chi connectivity index (χ3v) is 8.58. The highest BCUT2D eigenvalue weighted by Crippen LogP contribution is 2.38. The molecular formula is C37H38FN5O5. The number of nitrogens with two attached hydrogens (primary N) is 1. The molecule has 11 heteroatoms. The van der Waals surface area contributed by atoms with Crippen LogP contribution in [0.5, 0.6) is 28.7 Å². The molecule has 0 bridgehead atoms. The van der Waals surface area contributed by atoms with Crippen LogP contribution in [0.2, 0.25) is 0 Å². The van der Waals surface area contributed by atoms with Gasteiger partial charge in [0, 0.05) is 35.8 Å². The van der Waals surface area contributed by atoms with E-state index in [-0.39, 0.29) is 17.2 Å². The van der Waals surface area contributed by atoms with Gasteiger partial charge < -0.3 is 30.0 Å². The van der Waals surface area contributed by atoms with Gasteiger partial charge in [-0.2, -0.15) is 10.1 Å². The molecule has 5 aromatic rings. The Morgan fingerprint density at radius 1 is 1.04 bits per heavy atom. The number of benzene rings is 4. The molecule has 2 amide bonds. The summed E-state index contributed by atoms with van der Waals surface area (Å²) < 4.78 is 33.2. The normalized spacial score (nSPS) is 14.1. The second-order valence-electron chi connectivity index (χ2n) is 11.9. The van der Waals surface area contributed by atoms with Gasteiger partial charge in [-0.15, -0.1) is 0 Å². The zero-order valence-corrected chi connectivity index (χ0v) is 26.9. The van der Waals surface area contributed by atoms with Crippen molar-refractivity contribution in [1.82, 2.24) is 9.88 Å². The molecule has 1 aromatic heterocycles. The van der Waals surface area contributed by atoms with E-state index < -0.39 is 11.8 Å². The fourth-order valence-corrected chi connectivity index (χ4v) is 5.85. The number of amides is 2. The second kappa shape index (κ2) is 14.6. The number of rotatable bonds is 11. The van der Waals surface area contributed by atoms with Crippen LogP contribution in [0.4, 0.5) is 14.9 Å². The molecule has 1 saturated heterocycles. The van der Waals surface area contributed by atoms with E-state index in [1.807, 2.05) is 24.3 Å². The number of piperidine rings is 1. The maximum Gasteiger partial charge on any atom is 0.340 e. The molecule has 10 nitrogen and oxygen atoms in total. The monoisotopic (exact) mass is 651 g/mol. The van der Waals surface area contributed by atoms with E-state index in [1.165, 1.54) is 37.3 Å². The van der Waals surface area contributed by atoms with E-state index in [9.17, 15) is 9.90 Å². The molecule has 1 fully saturated rings. The van der Waals surface area contributed by atoms with Gasteiger partial charge in [-0.05, 0) is 79.4 Å². The van der Waals surface area contributed by atoms with Crippen LogP contribution in [-0.2, 0) is 0 Å². The van der Waals surface area contributed by atoms with Crippen molar-refractivity contribution in [1.29, 1.82) is 0 Å². The Balaban J connectivity index is 1.18. The zero-order valence-electron chi connectivity index (χ0n) is 26.9. The number of carbonyl (C=O) groups excluding carboxylic acids is 1. The summed E-state index contributed by atoms with van der Waals surface area (Å²) in [5.74, 6) is 1.37. The molecule has 2 heterocycles. The van der Waals surface area contributed by atoms with Crippen LogP contribution in [0.1, 0.15) is 31.7 Å². The lowest BCUT2D eigenvalue weighted by Gasteiger charge is -2.30. The molecule has 1 aliphatic heterocycles. The topological polar surface area (TPSA) is 123 Å². The number of fused-ring (bicyclic) bond motifs is 2. The molecule has 6 rings (SSSR count).